The number of benzene rings is 3. The molecule has 3 aliphatic heterocycles. The first-order valence-corrected chi connectivity index (χ1v) is 31.9. The van der Waals surface area contributed by atoms with Crippen LogP contribution in [-0.2, 0) is 27.4 Å². The molecule has 3 atom stereocenters. The van der Waals surface area contributed by atoms with Crippen LogP contribution in [0.3, 0.4) is 0 Å². The summed E-state index contributed by atoms with van der Waals surface area (Å²) in [7, 11) is -0.343. The zero-order chi connectivity index (χ0) is 66.9. The molecule has 22 nitrogen and oxygen atoms in total. The molecule has 3 aliphatic rings. The van der Waals surface area contributed by atoms with Crippen molar-refractivity contribution in [2.24, 2.45) is 11.8 Å². The topological polar surface area (TPSA) is 214 Å². The van der Waals surface area contributed by atoms with Gasteiger partial charge in [0.15, 0.2) is 5.60 Å². The summed E-state index contributed by atoms with van der Waals surface area (Å²) in [6.45, 7) is 26.5. The molecule has 1 N–H and O–H groups in total. The van der Waals surface area contributed by atoms with Crippen LogP contribution in [0.5, 0.6) is 0 Å². The number of aliphatic hydroxyl groups is 1. The fourth-order valence-corrected chi connectivity index (χ4v) is 12.4. The SMILES string of the molecule is C.C.C.CC[C@@H](C(C)C)n1ncn(-c2ccc(N3CCN(c4ccc(-c5ccc(C(F)(F)[C@](O)(Cn6cnnn6)c6ccc(F)cc6F)nc5)cc4)CC3)cn2)c1=O.CC[C@@H](C(C)C)n1ncn(-c2ccc(N3CCN(c4ccc(B5OC(C)(C)C(C)(C)O5)cc4)CC3)cn2)c1=O. The molecular weight excluding hydrogens is 1250 g/mol. The molecule has 9 aromatic rings. The number of hydrogen-bond donors (Lipinski definition) is 1. The molecule has 3 aromatic carbocycles. The number of pyridine rings is 3. The lowest BCUT2D eigenvalue weighted by atomic mass is 9.79. The first-order valence-electron chi connectivity index (χ1n) is 31.9. The average Bonchev–Trinajstić information content (AvgIpc) is 1.03. The summed E-state index contributed by atoms with van der Waals surface area (Å²) in [5.41, 5.74) is 0.582. The van der Waals surface area contributed by atoms with Crippen molar-refractivity contribution >= 4 is 35.3 Å². The van der Waals surface area contributed by atoms with E-state index in [9.17, 15) is 23.5 Å². The van der Waals surface area contributed by atoms with Crippen molar-refractivity contribution in [2.45, 2.75) is 146 Å². The number of rotatable bonds is 19. The predicted molar refractivity (Wildman–Crippen MR) is 372 cm³/mol. The second-order valence-electron chi connectivity index (χ2n) is 25.8. The molecule has 97 heavy (non-hydrogen) atoms. The van der Waals surface area contributed by atoms with E-state index in [4.69, 9.17) is 9.31 Å². The number of halogens is 4. The Bertz CT molecular complexity index is 4100. The lowest BCUT2D eigenvalue weighted by molar-refractivity contribution is -0.207. The Labute approximate surface area is 565 Å². The molecule has 3 fully saturated rings. The third kappa shape index (κ3) is 15.1. The molecule has 9 heterocycles. The van der Waals surface area contributed by atoms with Gasteiger partial charge in [-0.3, -0.25) is 4.98 Å². The number of alkyl halides is 2. The monoisotopic (exact) mass is 1340 g/mol. The van der Waals surface area contributed by atoms with Gasteiger partial charge in [0.25, 0.3) is 0 Å². The molecule has 0 radical (unpaired) electrons. The van der Waals surface area contributed by atoms with E-state index in [0.29, 0.717) is 29.2 Å². The van der Waals surface area contributed by atoms with Gasteiger partial charge >= 0.3 is 24.4 Å². The maximum Gasteiger partial charge on any atom is 0.494 e. The highest BCUT2D eigenvalue weighted by atomic mass is 19.3. The van der Waals surface area contributed by atoms with Crippen molar-refractivity contribution in [3.63, 3.8) is 0 Å². The molecule has 0 amide bonds. The average molecular weight is 1340 g/mol. The summed E-state index contributed by atoms with van der Waals surface area (Å²) in [4.78, 5) is 48.4. The Morgan fingerprint density at radius 1 is 0.567 bits per heavy atom. The van der Waals surface area contributed by atoms with Crippen LogP contribution in [0.4, 0.5) is 40.3 Å². The highest BCUT2D eigenvalue weighted by molar-refractivity contribution is 6.62. The summed E-state index contributed by atoms with van der Waals surface area (Å²) < 4.78 is 80.2. The number of anilines is 4. The minimum Gasteiger partial charge on any atom is -0.399 e. The Hall–Kier alpha value is -9.08. The Balaban J connectivity index is 0.000000254. The molecule has 518 valence electrons. The lowest BCUT2D eigenvalue weighted by Crippen LogP contribution is -2.48. The van der Waals surface area contributed by atoms with Crippen molar-refractivity contribution in [1.82, 2.24) is 63.9 Å². The minimum absolute atomic E-state index is 0. The summed E-state index contributed by atoms with van der Waals surface area (Å²) in [6.07, 6.45) is 10.6. The molecule has 0 aliphatic carbocycles. The van der Waals surface area contributed by atoms with E-state index in [0.717, 1.165) is 122 Å². The van der Waals surface area contributed by atoms with Gasteiger partial charge in [-0.05, 0) is 141 Å². The summed E-state index contributed by atoms with van der Waals surface area (Å²) in [5, 5.41) is 30.5. The third-order valence-corrected chi connectivity index (χ3v) is 18.8. The first-order chi connectivity index (χ1) is 44.9. The summed E-state index contributed by atoms with van der Waals surface area (Å²) >= 11 is 0. The Morgan fingerprint density at radius 2 is 1.01 bits per heavy atom. The van der Waals surface area contributed by atoms with Gasteiger partial charge in [0, 0.05) is 87.1 Å². The molecule has 27 heteroatoms. The van der Waals surface area contributed by atoms with Gasteiger partial charge in [0.1, 0.15) is 47.9 Å². The predicted octanol–water partition coefficient (Wildman–Crippen LogP) is 10.9. The van der Waals surface area contributed by atoms with Gasteiger partial charge in [0.2, 0.25) is 0 Å². The van der Waals surface area contributed by atoms with Gasteiger partial charge < -0.3 is 34.0 Å². The van der Waals surface area contributed by atoms with Crippen LogP contribution in [-0.4, -0.2) is 140 Å². The number of hydrogen-bond acceptors (Lipinski definition) is 17. The molecule has 0 spiro atoms. The van der Waals surface area contributed by atoms with Crippen molar-refractivity contribution in [3.05, 3.63) is 185 Å². The highest BCUT2D eigenvalue weighted by Gasteiger charge is 2.58. The first kappa shape index (κ1) is 73.7. The van der Waals surface area contributed by atoms with Crippen molar-refractivity contribution in [3.8, 4) is 22.8 Å². The number of tetrazole rings is 1. The van der Waals surface area contributed by atoms with Crippen molar-refractivity contribution in [2.75, 3.05) is 72.0 Å². The van der Waals surface area contributed by atoms with E-state index >= 15 is 8.78 Å². The normalized spacial score (nSPS) is 16.6. The van der Waals surface area contributed by atoms with E-state index in [1.807, 2.05) is 61.7 Å². The van der Waals surface area contributed by atoms with E-state index in [-0.39, 0.29) is 70.0 Å². The molecule has 6 aromatic heterocycles. The fourth-order valence-electron chi connectivity index (χ4n) is 12.4. The standard InChI is InChI=1S/C38H39F4N11O2.C29H41BN6O3.3CH4/c1-4-33(25(2)3)53-36(54)52(24-46-53)35-14-11-30(21-44-35)50-17-15-49(16-18-50)29-9-5-26(6-10-29)27-7-13-34(43-20-27)38(41,42)37(55,22-51-23-45-47-48-51)31-12-8-28(39)19-32(31)40;1-8-25(21(2)3)36-27(37)35(20-32-36)26-14-13-24(19-31-26)34-17-15-33(16-18-34)23-11-9-22(10-12-23)30-38-28(4,5)29(6,7)39-30;;;/h5-14,19-21,23-25,33,55H,4,15-18,22H2,1-3H3;9-14,19-21,25H,8,15-18H2,1-7H3;3*1H4/t33-,37-;25-;;;/m00.../s1. The van der Waals surface area contributed by atoms with Crippen molar-refractivity contribution in [1.29, 1.82) is 0 Å². The second-order valence-corrected chi connectivity index (χ2v) is 25.8. The van der Waals surface area contributed by atoms with Crippen LogP contribution in [0.15, 0.2) is 150 Å². The smallest absolute Gasteiger partial charge is 0.399 e. The molecule has 3 saturated heterocycles. The van der Waals surface area contributed by atoms with Gasteiger partial charge in [0.05, 0.1) is 53.6 Å². The zero-order valence-corrected chi connectivity index (χ0v) is 54.6. The molecular formula is C70H92BF4N17O5. The number of nitrogens with zero attached hydrogens (tertiary/aromatic N) is 17. The van der Waals surface area contributed by atoms with Crippen LogP contribution < -0.4 is 36.4 Å². The lowest BCUT2D eigenvalue weighted by Gasteiger charge is -2.37. The Kier molecular flexibility index (Phi) is 22.9. The van der Waals surface area contributed by atoms with Gasteiger partial charge in [-0.2, -0.15) is 19.0 Å². The van der Waals surface area contributed by atoms with E-state index in [2.05, 4.69) is 147 Å². The van der Waals surface area contributed by atoms with E-state index in [1.165, 1.54) is 38.1 Å². The Morgan fingerprint density at radius 3 is 1.40 bits per heavy atom. The number of aromatic nitrogens is 13. The van der Waals surface area contributed by atoms with Crippen LogP contribution in [0.25, 0.3) is 22.8 Å². The largest absolute Gasteiger partial charge is 0.494 e. The highest BCUT2D eigenvalue weighted by Crippen LogP contribution is 2.47. The summed E-state index contributed by atoms with van der Waals surface area (Å²) in [5.74, 6) is -4.79. The van der Waals surface area contributed by atoms with Crippen LogP contribution in [0.2, 0.25) is 0 Å². The summed E-state index contributed by atoms with van der Waals surface area (Å²) in [6, 6.07) is 28.5. The fraction of sp³-hybridized carbons (Fsp3) is 0.457. The van der Waals surface area contributed by atoms with Crippen LogP contribution in [0, 0.1) is 23.5 Å². The van der Waals surface area contributed by atoms with Crippen molar-refractivity contribution < 1.29 is 32.0 Å². The van der Waals surface area contributed by atoms with E-state index < -0.39 is 41.0 Å². The van der Waals surface area contributed by atoms with Crippen LogP contribution >= 0.6 is 0 Å². The molecule has 0 bridgehead atoms. The molecule has 0 saturated carbocycles. The van der Waals surface area contributed by atoms with Gasteiger partial charge in [-0.1, -0.05) is 94.2 Å². The van der Waals surface area contributed by atoms with Gasteiger partial charge in [-0.15, -0.1) is 5.10 Å². The quantitative estimate of drug-likeness (QED) is 0.0589. The molecule has 12 rings (SSSR count). The third-order valence-electron chi connectivity index (χ3n) is 18.8. The number of piperazine rings is 2. The maximum absolute atomic E-state index is 16.2. The minimum atomic E-state index is -4.16. The second kappa shape index (κ2) is 30.1. The zero-order valence-electron chi connectivity index (χ0n) is 54.6. The molecule has 0 unspecified atom stereocenters. The van der Waals surface area contributed by atoms with Gasteiger partial charge in [-0.25, -0.2) is 51.5 Å². The van der Waals surface area contributed by atoms with E-state index in [1.54, 1.807) is 17.2 Å². The maximum atomic E-state index is 16.2. The van der Waals surface area contributed by atoms with Crippen LogP contribution in [0.1, 0.15) is 128 Å².